The third-order valence-electron chi connectivity index (χ3n) is 3.25. The Labute approximate surface area is 109 Å². The maximum absolute atomic E-state index is 10.8. The number of carbonyl (C=O) groups is 1. The van der Waals surface area contributed by atoms with Gasteiger partial charge in [-0.2, -0.15) is 0 Å². The Morgan fingerprint density at radius 2 is 1.72 bits per heavy atom. The minimum Gasteiger partial charge on any atom is -0.477 e. The molecule has 5 heteroatoms. The van der Waals surface area contributed by atoms with Gasteiger partial charge < -0.3 is 21.5 Å². The quantitative estimate of drug-likeness (QED) is 0.568. The van der Waals surface area contributed by atoms with Crippen LogP contribution in [0.3, 0.4) is 0 Å². The SMILES string of the molecule is CC(NC1CC(C)(C)NC(C)(C)C1)=C(N)C(=O)O. The Morgan fingerprint density at radius 3 is 2.11 bits per heavy atom. The average Bonchev–Trinajstić information content (AvgIpc) is 2.10. The summed E-state index contributed by atoms with van der Waals surface area (Å²) in [6.45, 7) is 10.3. The summed E-state index contributed by atoms with van der Waals surface area (Å²) < 4.78 is 0. The molecule has 0 aromatic heterocycles. The highest BCUT2D eigenvalue weighted by atomic mass is 16.4. The minimum absolute atomic E-state index is 0.0255. The van der Waals surface area contributed by atoms with Gasteiger partial charge in [-0.25, -0.2) is 4.79 Å². The average molecular weight is 255 g/mol. The van der Waals surface area contributed by atoms with Gasteiger partial charge in [0.05, 0.1) is 0 Å². The van der Waals surface area contributed by atoms with Crippen molar-refractivity contribution in [2.45, 2.75) is 64.6 Å². The Kier molecular flexibility index (Phi) is 3.96. The Bertz CT molecular complexity index is 356. The molecule has 0 spiro atoms. The van der Waals surface area contributed by atoms with E-state index >= 15 is 0 Å². The van der Waals surface area contributed by atoms with Crippen LogP contribution < -0.4 is 16.4 Å². The van der Waals surface area contributed by atoms with E-state index in [-0.39, 0.29) is 22.8 Å². The number of carboxylic acids is 1. The van der Waals surface area contributed by atoms with Crippen molar-refractivity contribution in [3.8, 4) is 0 Å². The molecule has 1 fully saturated rings. The van der Waals surface area contributed by atoms with E-state index in [1.807, 2.05) is 0 Å². The highest BCUT2D eigenvalue weighted by Crippen LogP contribution is 2.28. The van der Waals surface area contributed by atoms with E-state index in [1.54, 1.807) is 6.92 Å². The third kappa shape index (κ3) is 3.91. The van der Waals surface area contributed by atoms with Crippen LogP contribution in [-0.4, -0.2) is 28.2 Å². The second-order valence-corrected chi connectivity index (χ2v) is 6.49. The fourth-order valence-corrected chi connectivity index (χ4v) is 2.97. The number of nitrogens with two attached hydrogens (primary N) is 1. The molecule has 0 amide bonds. The molecule has 0 saturated carbocycles. The highest BCUT2D eigenvalue weighted by molar-refractivity contribution is 5.86. The lowest BCUT2D eigenvalue weighted by Gasteiger charge is -2.47. The third-order valence-corrected chi connectivity index (χ3v) is 3.25. The van der Waals surface area contributed by atoms with Gasteiger partial charge in [0.15, 0.2) is 0 Å². The van der Waals surface area contributed by atoms with Crippen molar-refractivity contribution in [2.24, 2.45) is 5.73 Å². The second-order valence-electron chi connectivity index (χ2n) is 6.49. The molecule has 18 heavy (non-hydrogen) atoms. The van der Waals surface area contributed by atoms with Gasteiger partial charge in [-0.15, -0.1) is 0 Å². The Hall–Kier alpha value is -1.23. The molecule has 0 radical (unpaired) electrons. The van der Waals surface area contributed by atoms with Crippen LogP contribution in [0.4, 0.5) is 0 Å². The van der Waals surface area contributed by atoms with Crippen molar-refractivity contribution < 1.29 is 9.90 Å². The van der Waals surface area contributed by atoms with Crippen molar-refractivity contribution in [3.63, 3.8) is 0 Å². The Morgan fingerprint density at radius 1 is 1.28 bits per heavy atom. The molecule has 5 nitrogen and oxygen atoms in total. The monoisotopic (exact) mass is 255 g/mol. The van der Waals surface area contributed by atoms with E-state index in [0.29, 0.717) is 5.70 Å². The molecule has 1 aliphatic heterocycles. The van der Waals surface area contributed by atoms with E-state index < -0.39 is 5.97 Å². The summed E-state index contributed by atoms with van der Waals surface area (Å²) in [5.41, 5.74) is 6.00. The summed E-state index contributed by atoms with van der Waals surface area (Å²) >= 11 is 0. The highest BCUT2D eigenvalue weighted by Gasteiger charge is 2.37. The summed E-state index contributed by atoms with van der Waals surface area (Å²) in [4.78, 5) is 10.8. The van der Waals surface area contributed by atoms with Gasteiger partial charge in [0.1, 0.15) is 5.70 Å². The van der Waals surface area contributed by atoms with E-state index in [2.05, 4.69) is 38.3 Å². The number of allylic oxidation sites excluding steroid dienone is 1. The van der Waals surface area contributed by atoms with Gasteiger partial charge in [0, 0.05) is 22.8 Å². The molecule has 104 valence electrons. The first-order valence-corrected chi connectivity index (χ1v) is 6.28. The number of aliphatic carboxylic acids is 1. The summed E-state index contributed by atoms with van der Waals surface area (Å²) in [6.07, 6.45) is 1.86. The first-order valence-electron chi connectivity index (χ1n) is 6.28. The molecule has 1 aliphatic rings. The summed E-state index contributed by atoms with van der Waals surface area (Å²) in [5.74, 6) is -1.08. The normalized spacial score (nSPS) is 24.3. The molecular weight excluding hydrogens is 230 g/mol. The predicted octanol–water partition coefficient (Wildman–Crippen LogP) is 1.16. The molecule has 5 N–H and O–H groups in total. The van der Waals surface area contributed by atoms with Crippen LogP contribution in [0.5, 0.6) is 0 Å². The second kappa shape index (κ2) is 4.80. The molecule has 0 aromatic rings. The summed E-state index contributed by atoms with van der Waals surface area (Å²) in [7, 11) is 0. The van der Waals surface area contributed by atoms with Crippen molar-refractivity contribution in [2.75, 3.05) is 0 Å². The molecule has 0 unspecified atom stereocenters. The number of hydrogen-bond donors (Lipinski definition) is 4. The lowest BCUT2D eigenvalue weighted by Crippen LogP contribution is -2.61. The number of rotatable bonds is 3. The number of piperidine rings is 1. The number of hydrogen-bond acceptors (Lipinski definition) is 4. The van der Waals surface area contributed by atoms with Gasteiger partial charge >= 0.3 is 5.97 Å². The van der Waals surface area contributed by atoms with Crippen LogP contribution in [0.15, 0.2) is 11.4 Å². The van der Waals surface area contributed by atoms with Crippen molar-refractivity contribution in [3.05, 3.63) is 11.4 Å². The van der Waals surface area contributed by atoms with Gasteiger partial charge in [-0.3, -0.25) is 0 Å². The fraction of sp³-hybridized carbons (Fsp3) is 0.769. The maximum Gasteiger partial charge on any atom is 0.353 e. The fourth-order valence-electron chi connectivity index (χ4n) is 2.97. The van der Waals surface area contributed by atoms with Crippen LogP contribution in [0.1, 0.15) is 47.5 Å². The van der Waals surface area contributed by atoms with Crippen LogP contribution in [-0.2, 0) is 4.79 Å². The van der Waals surface area contributed by atoms with Gasteiger partial charge in [-0.05, 0) is 47.5 Å². The summed E-state index contributed by atoms with van der Waals surface area (Å²) in [6, 6.07) is 0.231. The van der Waals surface area contributed by atoms with Gasteiger partial charge in [0.2, 0.25) is 0 Å². The van der Waals surface area contributed by atoms with Crippen molar-refractivity contribution >= 4 is 5.97 Å². The first-order chi connectivity index (χ1) is 8.02. The molecule has 1 rings (SSSR count). The molecule has 0 bridgehead atoms. The molecule has 0 aliphatic carbocycles. The van der Waals surface area contributed by atoms with E-state index in [1.165, 1.54) is 0 Å². The zero-order valence-corrected chi connectivity index (χ0v) is 11.9. The lowest BCUT2D eigenvalue weighted by molar-refractivity contribution is -0.132. The number of nitrogens with one attached hydrogen (secondary N) is 2. The van der Waals surface area contributed by atoms with Crippen LogP contribution in [0.25, 0.3) is 0 Å². The zero-order chi connectivity index (χ0) is 14.1. The lowest BCUT2D eigenvalue weighted by atomic mass is 9.79. The van der Waals surface area contributed by atoms with Crippen molar-refractivity contribution in [1.29, 1.82) is 0 Å². The van der Waals surface area contributed by atoms with E-state index in [0.717, 1.165) is 12.8 Å². The van der Waals surface area contributed by atoms with Crippen LogP contribution in [0, 0.1) is 0 Å². The number of carboxylic acid groups (broad SMARTS) is 1. The minimum atomic E-state index is -1.08. The van der Waals surface area contributed by atoms with Crippen LogP contribution >= 0.6 is 0 Å². The molecule has 0 atom stereocenters. The maximum atomic E-state index is 10.8. The van der Waals surface area contributed by atoms with Crippen LogP contribution in [0.2, 0.25) is 0 Å². The van der Waals surface area contributed by atoms with E-state index in [4.69, 9.17) is 10.8 Å². The predicted molar refractivity (Wildman–Crippen MR) is 72.0 cm³/mol. The van der Waals surface area contributed by atoms with Gasteiger partial charge in [-0.1, -0.05) is 0 Å². The summed E-state index contributed by atoms with van der Waals surface area (Å²) in [5, 5.41) is 15.7. The van der Waals surface area contributed by atoms with Crippen molar-refractivity contribution in [1.82, 2.24) is 10.6 Å². The Balaban J connectivity index is 2.79. The standard InChI is InChI=1S/C13H25N3O2/c1-8(10(14)11(17)18)15-9-6-12(2,3)16-13(4,5)7-9/h9,15-16H,6-7,14H2,1-5H3,(H,17,18). The largest absolute Gasteiger partial charge is 0.477 e. The molecule has 1 heterocycles. The zero-order valence-electron chi connectivity index (χ0n) is 11.9. The molecule has 0 aromatic carbocycles. The molecule has 1 saturated heterocycles. The van der Waals surface area contributed by atoms with Gasteiger partial charge in [0.25, 0.3) is 0 Å². The molecular formula is C13H25N3O2. The first kappa shape index (κ1) is 14.8. The topological polar surface area (TPSA) is 87.4 Å². The van der Waals surface area contributed by atoms with E-state index in [9.17, 15) is 4.79 Å². The smallest absolute Gasteiger partial charge is 0.353 e.